The molecule has 0 aliphatic heterocycles. The Morgan fingerprint density at radius 2 is 2.10 bits per heavy atom. The van der Waals surface area contributed by atoms with Crippen LogP contribution in [0.15, 0.2) is 30.5 Å². The van der Waals surface area contributed by atoms with Crippen LogP contribution in [0.1, 0.15) is 13.8 Å². The zero-order valence-corrected chi connectivity index (χ0v) is 11.6. The number of hydrogen-bond acceptors (Lipinski definition) is 5. The van der Waals surface area contributed by atoms with E-state index < -0.39 is 16.8 Å². The van der Waals surface area contributed by atoms with E-state index in [1.165, 1.54) is 6.07 Å². The Hall–Kier alpha value is -2.70. The molecule has 0 aliphatic carbocycles. The molecule has 2 N–H and O–H groups in total. The lowest BCUT2D eigenvalue weighted by Gasteiger charge is -2.19. The Balaban J connectivity index is 2.44. The number of benzene rings is 1. The number of fused-ring (bicyclic) bond motifs is 1. The third-order valence-electron chi connectivity index (χ3n) is 3.47. The van der Waals surface area contributed by atoms with Crippen LogP contribution in [-0.2, 0) is 4.79 Å². The van der Waals surface area contributed by atoms with Crippen molar-refractivity contribution in [1.82, 2.24) is 4.98 Å². The second kappa shape index (κ2) is 5.74. The first-order chi connectivity index (χ1) is 9.91. The largest absolute Gasteiger partial charge is 0.481 e. The fourth-order valence-corrected chi connectivity index (χ4v) is 2.02. The average molecular weight is 289 g/mol. The smallest absolute Gasteiger partial charge is 0.308 e. The molecule has 110 valence electrons. The SMILES string of the molecule is CC(Nc1ccc([N+](=O)[O-])c2cccnc12)C(C)C(=O)O. The number of nitro groups is 1. The fraction of sp³-hybridized carbons (Fsp3) is 0.286. The van der Waals surface area contributed by atoms with Crippen molar-refractivity contribution >= 4 is 28.2 Å². The summed E-state index contributed by atoms with van der Waals surface area (Å²) >= 11 is 0. The topological polar surface area (TPSA) is 105 Å². The van der Waals surface area contributed by atoms with Crippen LogP contribution < -0.4 is 5.32 Å². The number of nitro benzene ring substituents is 1. The standard InChI is InChI=1S/C14H15N3O4/c1-8(14(18)19)9(2)16-11-5-6-12(17(20)21)10-4-3-7-15-13(10)11/h3-9,16H,1-2H3,(H,18,19). The predicted molar refractivity (Wildman–Crippen MR) is 78.3 cm³/mol. The number of pyridine rings is 1. The lowest BCUT2D eigenvalue weighted by atomic mass is 10.0. The zero-order valence-electron chi connectivity index (χ0n) is 11.6. The Morgan fingerprint density at radius 1 is 1.38 bits per heavy atom. The lowest BCUT2D eigenvalue weighted by molar-refractivity contribution is -0.383. The van der Waals surface area contributed by atoms with Gasteiger partial charge in [0.2, 0.25) is 0 Å². The van der Waals surface area contributed by atoms with Crippen molar-refractivity contribution in [3.05, 3.63) is 40.6 Å². The summed E-state index contributed by atoms with van der Waals surface area (Å²) in [6.45, 7) is 3.34. The number of hydrogen-bond donors (Lipinski definition) is 2. The van der Waals surface area contributed by atoms with Gasteiger partial charge in [-0.15, -0.1) is 0 Å². The molecule has 0 radical (unpaired) electrons. The summed E-state index contributed by atoms with van der Waals surface area (Å²) in [5.41, 5.74) is 1.01. The maximum Gasteiger partial charge on any atom is 0.308 e. The monoisotopic (exact) mass is 289 g/mol. The molecular weight excluding hydrogens is 274 g/mol. The molecule has 7 heteroatoms. The van der Waals surface area contributed by atoms with Crippen LogP contribution in [0, 0.1) is 16.0 Å². The van der Waals surface area contributed by atoms with Crippen LogP contribution in [0.5, 0.6) is 0 Å². The van der Waals surface area contributed by atoms with E-state index in [1.807, 2.05) is 0 Å². The van der Waals surface area contributed by atoms with Gasteiger partial charge >= 0.3 is 5.97 Å². The minimum atomic E-state index is -0.908. The molecule has 1 aromatic carbocycles. The van der Waals surface area contributed by atoms with E-state index in [0.29, 0.717) is 16.6 Å². The third kappa shape index (κ3) is 2.91. The second-order valence-electron chi connectivity index (χ2n) is 4.85. The molecular formula is C14H15N3O4. The first-order valence-corrected chi connectivity index (χ1v) is 6.43. The minimum Gasteiger partial charge on any atom is -0.481 e. The molecule has 2 aromatic rings. The van der Waals surface area contributed by atoms with Crippen molar-refractivity contribution in [3.8, 4) is 0 Å². The third-order valence-corrected chi connectivity index (χ3v) is 3.47. The van der Waals surface area contributed by atoms with Crippen molar-refractivity contribution in [1.29, 1.82) is 0 Å². The first kappa shape index (κ1) is 14.7. The van der Waals surface area contributed by atoms with Gasteiger partial charge in [-0.1, -0.05) is 0 Å². The number of anilines is 1. The van der Waals surface area contributed by atoms with E-state index in [1.54, 1.807) is 38.2 Å². The van der Waals surface area contributed by atoms with Gasteiger partial charge in [0.1, 0.15) is 5.52 Å². The Bertz CT molecular complexity index is 702. The number of aromatic nitrogens is 1. The minimum absolute atomic E-state index is 0.0254. The molecule has 2 unspecified atom stereocenters. The number of rotatable bonds is 5. The normalized spacial score (nSPS) is 13.6. The number of aliphatic carboxylic acids is 1. The van der Waals surface area contributed by atoms with Crippen molar-refractivity contribution in [2.24, 2.45) is 5.92 Å². The predicted octanol–water partition coefficient (Wildman–Crippen LogP) is 2.66. The van der Waals surface area contributed by atoms with Gasteiger partial charge in [-0.05, 0) is 32.0 Å². The highest BCUT2D eigenvalue weighted by Crippen LogP contribution is 2.30. The van der Waals surface area contributed by atoms with E-state index in [-0.39, 0.29) is 11.7 Å². The number of non-ortho nitro benzene ring substituents is 1. The zero-order chi connectivity index (χ0) is 15.6. The quantitative estimate of drug-likeness (QED) is 0.647. The maximum absolute atomic E-state index is 11.0. The molecule has 0 aliphatic rings. The van der Waals surface area contributed by atoms with Crippen LogP contribution >= 0.6 is 0 Å². The molecule has 2 rings (SSSR count). The molecule has 0 saturated heterocycles. The number of nitrogens with zero attached hydrogens (tertiary/aromatic N) is 2. The van der Waals surface area contributed by atoms with Gasteiger partial charge in [-0.25, -0.2) is 0 Å². The van der Waals surface area contributed by atoms with Crippen molar-refractivity contribution < 1.29 is 14.8 Å². The maximum atomic E-state index is 11.0. The summed E-state index contributed by atoms with van der Waals surface area (Å²) in [7, 11) is 0. The Labute approximate surface area is 120 Å². The molecule has 0 bridgehead atoms. The molecule has 2 atom stereocenters. The van der Waals surface area contributed by atoms with Gasteiger partial charge in [0, 0.05) is 18.3 Å². The van der Waals surface area contributed by atoms with Gasteiger partial charge in [0.15, 0.2) is 0 Å². The van der Waals surface area contributed by atoms with Crippen molar-refractivity contribution in [3.63, 3.8) is 0 Å². The number of carbonyl (C=O) groups is 1. The van der Waals surface area contributed by atoms with E-state index in [2.05, 4.69) is 10.3 Å². The van der Waals surface area contributed by atoms with Gasteiger partial charge in [-0.2, -0.15) is 0 Å². The molecule has 0 fully saturated rings. The Morgan fingerprint density at radius 3 is 2.71 bits per heavy atom. The lowest BCUT2D eigenvalue weighted by Crippen LogP contribution is -2.29. The van der Waals surface area contributed by atoms with E-state index in [4.69, 9.17) is 5.11 Å². The summed E-state index contributed by atoms with van der Waals surface area (Å²) in [5.74, 6) is -1.51. The summed E-state index contributed by atoms with van der Waals surface area (Å²) in [6, 6.07) is 5.86. The van der Waals surface area contributed by atoms with Crippen LogP contribution in [0.25, 0.3) is 10.9 Å². The highest BCUT2D eigenvalue weighted by atomic mass is 16.6. The number of carboxylic acid groups (broad SMARTS) is 1. The number of carboxylic acids is 1. The van der Waals surface area contributed by atoms with E-state index >= 15 is 0 Å². The summed E-state index contributed by atoms with van der Waals surface area (Å²) in [6.07, 6.45) is 1.54. The highest BCUT2D eigenvalue weighted by molar-refractivity contribution is 5.96. The van der Waals surface area contributed by atoms with Crippen molar-refractivity contribution in [2.45, 2.75) is 19.9 Å². The van der Waals surface area contributed by atoms with Gasteiger partial charge in [0.05, 0.1) is 21.9 Å². The second-order valence-corrected chi connectivity index (χ2v) is 4.85. The van der Waals surface area contributed by atoms with Gasteiger partial charge < -0.3 is 10.4 Å². The first-order valence-electron chi connectivity index (χ1n) is 6.43. The summed E-state index contributed by atoms with van der Waals surface area (Å²) in [4.78, 5) is 25.7. The molecule has 1 heterocycles. The van der Waals surface area contributed by atoms with Crippen LogP contribution in [0.4, 0.5) is 11.4 Å². The highest BCUT2D eigenvalue weighted by Gasteiger charge is 2.21. The molecule has 0 spiro atoms. The Kier molecular flexibility index (Phi) is 4.02. The molecule has 0 amide bonds. The molecule has 21 heavy (non-hydrogen) atoms. The number of nitrogens with one attached hydrogen (secondary N) is 1. The average Bonchev–Trinajstić information content (AvgIpc) is 2.46. The van der Waals surface area contributed by atoms with E-state index in [0.717, 1.165) is 0 Å². The molecule has 7 nitrogen and oxygen atoms in total. The molecule has 0 saturated carbocycles. The van der Waals surface area contributed by atoms with E-state index in [9.17, 15) is 14.9 Å². The van der Waals surface area contributed by atoms with Crippen LogP contribution in [0.3, 0.4) is 0 Å². The van der Waals surface area contributed by atoms with Crippen molar-refractivity contribution in [2.75, 3.05) is 5.32 Å². The molecule has 1 aromatic heterocycles. The fourth-order valence-electron chi connectivity index (χ4n) is 2.02. The van der Waals surface area contributed by atoms with Gasteiger partial charge in [0.25, 0.3) is 5.69 Å². The van der Waals surface area contributed by atoms with Crippen LogP contribution in [0.2, 0.25) is 0 Å². The summed E-state index contributed by atoms with van der Waals surface area (Å²) in [5, 5.41) is 23.5. The van der Waals surface area contributed by atoms with Gasteiger partial charge in [-0.3, -0.25) is 19.9 Å². The summed E-state index contributed by atoms with van der Waals surface area (Å²) < 4.78 is 0. The van der Waals surface area contributed by atoms with Crippen LogP contribution in [-0.4, -0.2) is 27.0 Å².